The Bertz CT molecular complexity index is 127. The van der Waals surface area contributed by atoms with Crippen LogP contribution < -0.4 is 0 Å². The molecule has 1 fully saturated rings. The molecule has 0 saturated carbocycles. The summed E-state index contributed by atoms with van der Waals surface area (Å²) in [4.78, 5) is 7.86. The Balaban J connectivity index is 2.08. The Morgan fingerprint density at radius 3 is 2.46 bits per heavy atom. The van der Waals surface area contributed by atoms with Crippen molar-refractivity contribution in [1.82, 2.24) is 9.96 Å². The lowest BCUT2D eigenvalue weighted by Gasteiger charge is -2.33. The van der Waals surface area contributed by atoms with Crippen LogP contribution in [0, 0.1) is 0 Å². The van der Waals surface area contributed by atoms with E-state index in [-0.39, 0.29) is 0 Å². The molecule has 3 nitrogen and oxygen atoms in total. The summed E-state index contributed by atoms with van der Waals surface area (Å²) in [6.45, 7) is 8.20. The van der Waals surface area contributed by atoms with Crippen LogP contribution in [0.5, 0.6) is 0 Å². The molecule has 1 saturated heterocycles. The minimum Gasteiger partial charge on any atom is -0.301 e. The van der Waals surface area contributed by atoms with Crippen LogP contribution in [0.25, 0.3) is 0 Å². The first kappa shape index (κ1) is 11.2. The summed E-state index contributed by atoms with van der Waals surface area (Å²) in [6.07, 6.45) is 1.09. The second-order valence-electron chi connectivity index (χ2n) is 3.23. The first-order chi connectivity index (χ1) is 6.36. The van der Waals surface area contributed by atoms with Crippen molar-refractivity contribution < 1.29 is 4.84 Å². The number of alkyl halides is 1. The van der Waals surface area contributed by atoms with E-state index < -0.39 is 0 Å². The zero-order valence-corrected chi connectivity index (χ0v) is 9.09. The minimum absolute atomic E-state index is 0.770. The first-order valence-electron chi connectivity index (χ1n) is 5.03. The molecule has 0 amide bonds. The fourth-order valence-electron chi connectivity index (χ4n) is 1.55. The third kappa shape index (κ3) is 4.27. The third-order valence-corrected chi connectivity index (χ3v) is 2.52. The van der Waals surface area contributed by atoms with Gasteiger partial charge in [-0.15, -0.1) is 11.6 Å². The van der Waals surface area contributed by atoms with E-state index in [9.17, 15) is 0 Å². The van der Waals surface area contributed by atoms with Gasteiger partial charge in [-0.25, -0.2) is 0 Å². The number of hydrogen-bond donors (Lipinski definition) is 0. The molecule has 1 aliphatic rings. The Labute approximate surface area is 85.5 Å². The number of piperazine rings is 1. The van der Waals surface area contributed by atoms with Gasteiger partial charge in [0.2, 0.25) is 0 Å². The van der Waals surface area contributed by atoms with Crippen LogP contribution in [-0.2, 0) is 4.84 Å². The maximum atomic E-state index is 5.64. The zero-order chi connectivity index (χ0) is 9.52. The molecule has 0 aliphatic carbocycles. The van der Waals surface area contributed by atoms with Gasteiger partial charge in [-0.1, -0.05) is 0 Å². The Morgan fingerprint density at radius 1 is 1.23 bits per heavy atom. The second-order valence-corrected chi connectivity index (χ2v) is 3.61. The highest BCUT2D eigenvalue weighted by atomic mass is 35.5. The maximum Gasteiger partial charge on any atom is 0.0656 e. The van der Waals surface area contributed by atoms with E-state index >= 15 is 0 Å². The molecule has 4 heteroatoms. The molecular weight excluding hydrogens is 188 g/mol. The molecule has 0 atom stereocenters. The van der Waals surface area contributed by atoms with Crippen LogP contribution in [0.15, 0.2) is 0 Å². The van der Waals surface area contributed by atoms with Gasteiger partial charge >= 0.3 is 0 Å². The highest BCUT2D eigenvalue weighted by Crippen LogP contribution is 2.03. The molecule has 0 unspecified atom stereocenters. The van der Waals surface area contributed by atoms with E-state index in [1.165, 1.54) is 0 Å². The van der Waals surface area contributed by atoms with Crippen molar-refractivity contribution >= 4 is 11.6 Å². The monoisotopic (exact) mass is 206 g/mol. The molecule has 0 aromatic heterocycles. The molecule has 0 bridgehead atoms. The van der Waals surface area contributed by atoms with Crippen molar-refractivity contribution in [2.45, 2.75) is 13.3 Å². The summed E-state index contributed by atoms with van der Waals surface area (Å²) < 4.78 is 0. The predicted molar refractivity (Wildman–Crippen MR) is 55.0 cm³/mol. The van der Waals surface area contributed by atoms with E-state index in [1.54, 1.807) is 0 Å². The molecule has 0 aromatic carbocycles. The lowest BCUT2D eigenvalue weighted by atomic mass is 10.3. The predicted octanol–water partition coefficient (Wildman–Crippen LogP) is 1.18. The van der Waals surface area contributed by atoms with Gasteiger partial charge in [0.15, 0.2) is 0 Å². The number of hydroxylamine groups is 2. The van der Waals surface area contributed by atoms with E-state index in [0.717, 1.165) is 51.6 Å². The fraction of sp³-hybridized carbons (Fsp3) is 1.00. The molecule has 1 heterocycles. The lowest BCUT2D eigenvalue weighted by molar-refractivity contribution is -0.172. The van der Waals surface area contributed by atoms with E-state index in [4.69, 9.17) is 16.4 Å². The van der Waals surface area contributed by atoms with Crippen LogP contribution >= 0.6 is 11.6 Å². The van der Waals surface area contributed by atoms with Crippen LogP contribution in [0.4, 0.5) is 0 Å². The molecule has 0 spiro atoms. The van der Waals surface area contributed by atoms with E-state index in [1.807, 2.05) is 6.92 Å². The van der Waals surface area contributed by atoms with Crippen molar-refractivity contribution in [1.29, 1.82) is 0 Å². The molecule has 0 radical (unpaired) electrons. The Hall–Kier alpha value is 0.170. The molecule has 13 heavy (non-hydrogen) atoms. The van der Waals surface area contributed by atoms with Gasteiger partial charge in [-0.3, -0.25) is 4.84 Å². The quantitative estimate of drug-likeness (QED) is 0.629. The van der Waals surface area contributed by atoms with Gasteiger partial charge in [0.1, 0.15) is 0 Å². The Kier molecular flexibility index (Phi) is 5.71. The number of hydrogen-bond acceptors (Lipinski definition) is 3. The summed E-state index contributed by atoms with van der Waals surface area (Å²) in [5.74, 6) is 0.770. The van der Waals surface area contributed by atoms with Gasteiger partial charge in [-0.05, 0) is 19.9 Å². The Morgan fingerprint density at radius 2 is 1.92 bits per heavy atom. The molecule has 0 aromatic rings. The van der Waals surface area contributed by atoms with Gasteiger partial charge < -0.3 is 4.90 Å². The summed E-state index contributed by atoms with van der Waals surface area (Å²) in [5.41, 5.74) is 0. The van der Waals surface area contributed by atoms with E-state index in [2.05, 4.69) is 9.96 Å². The molecule has 1 rings (SSSR count). The van der Waals surface area contributed by atoms with Gasteiger partial charge in [0.25, 0.3) is 0 Å². The van der Waals surface area contributed by atoms with Crippen molar-refractivity contribution in [3.05, 3.63) is 0 Å². The van der Waals surface area contributed by atoms with Gasteiger partial charge in [0, 0.05) is 32.1 Å². The SMILES string of the molecule is CCON1CCN(CCCCl)CC1. The smallest absolute Gasteiger partial charge is 0.0656 e. The third-order valence-electron chi connectivity index (χ3n) is 2.25. The normalized spacial score (nSPS) is 20.8. The standard InChI is InChI=1S/C9H19ClN2O/c1-2-13-12-8-6-11(7-9-12)5-3-4-10/h2-9H2,1H3. The highest BCUT2D eigenvalue weighted by molar-refractivity contribution is 6.17. The second kappa shape index (κ2) is 6.60. The van der Waals surface area contributed by atoms with Crippen LogP contribution in [-0.4, -0.2) is 55.2 Å². The van der Waals surface area contributed by atoms with Crippen LogP contribution in [0.2, 0.25) is 0 Å². The number of rotatable bonds is 5. The molecule has 78 valence electrons. The first-order valence-corrected chi connectivity index (χ1v) is 5.56. The van der Waals surface area contributed by atoms with Crippen molar-refractivity contribution in [2.75, 3.05) is 45.2 Å². The van der Waals surface area contributed by atoms with Crippen molar-refractivity contribution in [3.8, 4) is 0 Å². The van der Waals surface area contributed by atoms with Gasteiger partial charge in [0.05, 0.1) is 6.61 Å². The van der Waals surface area contributed by atoms with Crippen LogP contribution in [0.1, 0.15) is 13.3 Å². The largest absolute Gasteiger partial charge is 0.301 e. The average molecular weight is 207 g/mol. The highest BCUT2D eigenvalue weighted by Gasteiger charge is 2.15. The molecule has 0 N–H and O–H groups in total. The summed E-state index contributed by atoms with van der Waals surface area (Å²) in [7, 11) is 0. The lowest BCUT2D eigenvalue weighted by Crippen LogP contribution is -2.46. The average Bonchev–Trinajstić information content (AvgIpc) is 2.17. The number of nitrogens with zero attached hydrogens (tertiary/aromatic N) is 2. The summed E-state index contributed by atoms with van der Waals surface area (Å²) in [6, 6.07) is 0. The summed E-state index contributed by atoms with van der Waals surface area (Å²) in [5, 5.41) is 2.05. The molecular formula is C9H19ClN2O. The topological polar surface area (TPSA) is 15.7 Å². The number of halogens is 1. The van der Waals surface area contributed by atoms with Crippen molar-refractivity contribution in [3.63, 3.8) is 0 Å². The van der Waals surface area contributed by atoms with Crippen LogP contribution in [0.3, 0.4) is 0 Å². The fourth-order valence-corrected chi connectivity index (χ4v) is 1.67. The van der Waals surface area contributed by atoms with Gasteiger partial charge in [-0.2, -0.15) is 5.06 Å². The maximum absolute atomic E-state index is 5.64. The summed E-state index contributed by atoms with van der Waals surface area (Å²) >= 11 is 5.64. The van der Waals surface area contributed by atoms with E-state index in [0.29, 0.717) is 0 Å². The molecule has 1 aliphatic heterocycles. The minimum atomic E-state index is 0.770. The van der Waals surface area contributed by atoms with Crippen molar-refractivity contribution in [2.24, 2.45) is 0 Å². The zero-order valence-electron chi connectivity index (χ0n) is 8.34.